The van der Waals surface area contributed by atoms with E-state index in [1.165, 1.54) is 12.8 Å². The third-order valence-corrected chi connectivity index (χ3v) is 4.05. The van der Waals surface area contributed by atoms with E-state index in [1.807, 2.05) is 0 Å². The van der Waals surface area contributed by atoms with E-state index in [4.69, 9.17) is 11.6 Å². The summed E-state index contributed by atoms with van der Waals surface area (Å²) in [6.07, 6.45) is 5.43. The molecule has 0 aliphatic carbocycles. The van der Waals surface area contributed by atoms with Gasteiger partial charge in [0.1, 0.15) is 0 Å². The number of nitrogens with zero attached hydrogens (tertiary/aromatic N) is 1. The monoisotopic (exact) mass is 283 g/mol. The molecule has 0 aliphatic heterocycles. The lowest BCUT2D eigenvalue weighted by Gasteiger charge is -2.20. The molecule has 0 spiro atoms. The molecule has 1 aromatic carbocycles. The van der Waals surface area contributed by atoms with Crippen molar-refractivity contribution in [1.29, 1.82) is 0 Å². The van der Waals surface area contributed by atoms with Gasteiger partial charge in [0.15, 0.2) is 0 Å². The van der Waals surface area contributed by atoms with Gasteiger partial charge in [-0.05, 0) is 24.3 Å². The lowest BCUT2D eigenvalue weighted by atomic mass is 9.92. The van der Waals surface area contributed by atoms with Crippen LogP contribution in [0.4, 0.5) is 5.69 Å². The van der Waals surface area contributed by atoms with Gasteiger partial charge in [-0.2, -0.15) is 0 Å². The molecule has 0 amide bonds. The first-order chi connectivity index (χ1) is 9.08. The lowest BCUT2D eigenvalue weighted by molar-refractivity contribution is -0.384. The minimum absolute atomic E-state index is 0.109. The molecule has 0 bridgehead atoms. The van der Waals surface area contributed by atoms with Crippen LogP contribution in [0.2, 0.25) is 0 Å². The summed E-state index contributed by atoms with van der Waals surface area (Å²) in [7, 11) is 0. The first-order valence-corrected chi connectivity index (χ1v) is 7.39. The first-order valence-electron chi connectivity index (χ1n) is 6.95. The average Bonchev–Trinajstić information content (AvgIpc) is 2.40. The van der Waals surface area contributed by atoms with Crippen LogP contribution in [0.15, 0.2) is 24.3 Å². The topological polar surface area (TPSA) is 43.1 Å². The maximum absolute atomic E-state index is 10.6. The zero-order chi connectivity index (χ0) is 14.3. The van der Waals surface area contributed by atoms with Gasteiger partial charge in [0.05, 0.1) is 4.92 Å². The highest BCUT2D eigenvalue weighted by atomic mass is 35.5. The average molecular weight is 284 g/mol. The van der Waals surface area contributed by atoms with Gasteiger partial charge >= 0.3 is 0 Å². The minimum Gasteiger partial charge on any atom is -0.258 e. The zero-order valence-electron chi connectivity index (χ0n) is 11.6. The van der Waals surface area contributed by atoms with Crippen LogP contribution in [0.3, 0.4) is 0 Å². The van der Waals surface area contributed by atoms with E-state index in [1.54, 1.807) is 24.3 Å². The number of halogens is 1. The van der Waals surface area contributed by atoms with E-state index in [9.17, 15) is 10.1 Å². The van der Waals surface area contributed by atoms with Crippen LogP contribution in [0, 0.1) is 16.0 Å². The molecule has 0 aliphatic rings. The predicted octanol–water partition coefficient (Wildman–Crippen LogP) is 4.96. The maximum Gasteiger partial charge on any atom is 0.269 e. The second-order valence-electron chi connectivity index (χ2n) is 4.95. The van der Waals surface area contributed by atoms with Crippen molar-refractivity contribution in [2.45, 2.75) is 51.3 Å². The summed E-state index contributed by atoms with van der Waals surface area (Å²) in [4.78, 5) is 10.2. The summed E-state index contributed by atoms with van der Waals surface area (Å²) >= 11 is 6.49. The number of nitro groups is 1. The molecule has 1 aromatic rings. The molecule has 0 aromatic heterocycles. The zero-order valence-corrected chi connectivity index (χ0v) is 12.4. The number of hydrogen-bond donors (Lipinski definition) is 0. The Morgan fingerprint density at radius 2 is 1.89 bits per heavy atom. The van der Waals surface area contributed by atoms with Crippen LogP contribution in [0.1, 0.15) is 45.1 Å². The van der Waals surface area contributed by atoms with E-state index in [0.29, 0.717) is 5.92 Å². The molecule has 0 heterocycles. The molecule has 2 atom stereocenters. The molecule has 2 unspecified atom stereocenters. The van der Waals surface area contributed by atoms with Gasteiger partial charge in [-0.3, -0.25) is 10.1 Å². The van der Waals surface area contributed by atoms with Crippen LogP contribution in [-0.4, -0.2) is 10.3 Å². The highest BCUT2D eigenvalue weighted by molar-refractivity contribution is 6.20. The molecule has 0 fully saturated rings. The van der Waals surface area contributed by atoms with Gasteiger partial charge in [0, 0.05) is 17.5 Å². The number of benzene rings is 1. The number of non-ortho nitro benzene ring substituents is 1. The summed E-state index contributed by atoms with van der Waals surface area (Å²) in [5.41, 5.74) is 1.20. The first kappa shape index (κ1) is 16.0. The van der Waals surface area contributed by atoms with E-state index >= 15 is 0 Å². The highest BCUT2D eigenvalue weighted by Gasteiger charge is 2.17. The molecule has 0 saturated heterocycles. The maximum atomic E-state index is 10.6. The van der Waals surface area contributed by atoms with Crippen molar-refractivity contribution >= 4 is 17.3 Å². The van der Waals surface area contributed by atoms with Crippen LogP contribution in [0.25, 0.3) is 0 Å². The number of nitro benzene ring substituents is 1. The third kappa shape index (κ3) is 5.19. The second-order valence-corrected chi connectivity index (χ2v) is 5.51. The normalized spacial score (nSPS) is 14.1. The van der Waals surface area contributed by atoms with E-state index < -0.39 is 0 Å². The molecule has 1 rings (SSSR count). The summed E-state index contributed by atoms with van der Waals surface area (Å²) in [5.74, 6) is 0.525. The Labute approximate surface area is 120 Å². The van der Waals surface area contributed by atoms with Crippen molar-refractivity contribution in [3.05, 3.63) is 39.9 Å². The Bertz CT molecular complexity index is 392. The second kappa shape index (κ2) is 8.16. The molecule has 106 valence electrons. The Morgan fingerprint density at radius 3 is 2.37 bits per heavy atom. The lowest BCUT2D eigenvalue weighted by Crippen LogP contribution is -2.17. The van der Waals surface area contributed by atoms with Gasteiger partial charge in [-0.15, -0.1) is 11.6 Å². The van der Waals surface area contributed by atoms with Gasteiger partial charge < -0.3 is 0 Å². The van der Waals surface area contributed by atoms with Gasteiger partial charge in [0.2, 0.25) is 0 Å². The van der Waals surface area contributed by atoms with Gasteiger partial charge in [-0.1, -0.05) is 45.2 Å². The summed E-state index contributed by atoms with van der Waals surface area (Å²) < 4.78 is 0. The number of hydrogen-bond acceptors (Lipinski definition) is 2. The molecule has 0 radical (unpaired) electrons. The molecular formula is C15H22ClNO2. The Balaban J connectivity index is 2.59. The van der Waals surface area contributed by atoms with Crippen LogP contribution in [-0.2, 0) is 6.42 Å². The fraction of sp³-hybridized carbons (Fsp3) is 0.600. The number of rotatable bonds is 8. The van der Waals surface area contributed by atoms with Crippen molar-refractivity contribution in [3.63, 3.8) is 0 Å². The SMILES string of the molecule is CCCCC(CC)C(Cl)Cc1ccc([N+](=O)[O-])cc1. The predicted molar refractivity (Wildman–Crippen MR) is 79.7 cm³/mol. The third-order valence-electron chi connectivity index (χ3n) is 3.54. The number of unbranched alkanes of at least 4 members (excludes halogenated alkanes) is 1. The quantitative estimate of drug-likeness (QED) is 0.384. The molecule has 3 nitrogen and oxygen atoms in total. The molecule has 0 N–H and O–H groups in total. The molecular weight excluding hydrogens is 262 g/mol. The summed E-state index contributed by atoms with van der Waals surface area (Å²) in [6.45, 7) is 4.36. The fourth-order valence-electron chi connectivity index (χ4n) is 2.25. The Hall–Kier alpha value is -1.09. The molecule has 0 saturated carbocycles. The van der Waals surface area contributed by atoms with E-state index in [2.05, 4.69) is 13.8 Å². The smallest absolute Gasteiger partial charge is 0.258 e. The Morgan fingerprint density at radius 1 is 1.26 bits per heavy atom. The van der Waals surface area contributed by atoms with Crippen molar-refractivity contribution in [3.8, 4) is 0 Å². The Kier molecular flexibility index (Phi) is 6.85. The largest absolute Gasteiger partial charge is 0.269 e. The van der Waals surface area contributed by atoms with Crippen molar-refractivity contribution in [1.82, 2.24) is 0 Å². The van der Waals surface area contributed by atoms with E-state index in [-0.39, 0.29) is 16.0 Å². The number of alkyl halides is 1. The molecule has 19 heavy (non-hydrogen) atoms. The van der Waals surface area contributed by atoms with Crippen molar-refractivity contribution < 1.29 is 4.92 Å². The molecule has 4 heteroatoms. The minimum atomic E-state index is -0.377. The van der Waals surface area contributed by atoms with Gasteiger partial charge in [0.25, 0.3) is 5.69 Å². The highest BCUT2D eigenvalue weighted by Crippen LogP contribution is 2.25. The summed E-state index contributed by atoms with van der Waals surface area (Å²) in [6, 6.07) is 6.71. The summed E-state index contributed by atoms with van der Waals surface area (Å²) in [5, 5.41) is 10.7. The van der Waals surface area contributed by atoms with Crippen LogP contribution >= 0.6 is 11.6 Å². The van der Waals surface area contributed by atoms with Crippen molar-refractivity contribution in [2.75, 3.05) is 0 Å². The van der Waals surface area contributed by atoms with Gasteiger partial charge in [-0.25, -0.2) is 0 Å². The van der Waals surface area contributed by atoms with Crippen molar-refractivity contribution in [2.24, 2.45) is 5.92 Å². The standard InChI is InChI=1S/C15H22ClNO2/c1-3-5-6-13(4-2)15(16)11-12-7-9-14(10-8-12)17(18)19/h7-10,13,15H,3-6,11H2,1-2H3. The van der Waals surface area contributed by atoms with E-state index in [0.717, 1.165) is 24.8 Å². The fourth-order valence-corrected chi connectivity index (χ4v) is 2.73. The van der Waals surface area contributed by atoms with Crippen LogP contribution < -0.4 is 0 Å². The van der Waals surface area contributed by atoms with Crippen LogP contribution in [0.5, 0.6) is 0 Å².